The molecule has 0 spiro atoms. The van der Waals surface area contributed by atoms with Gasteiger partial charge in [-0.05, 0) is 30.2 Å². The molecule has 0 aliphatic carbocycles. The molecule has 3 rings (SSSR count). The van der Waals surface area contributed by atoms with Gasteiger partial charge in [0.1, 0.15) is 11.6 Å². The first-order valence-electron chi connectivity index (χ1n) is 6.97. The molecular weight excluding hydrogens is 290 g/mol. The van der Waals surface area contributed by atoms with Crippen molar-refractivity contribution >= 4 is 5.82 Å². The lowest BCUT2D eigenvalue weighted by Crippen LogP contribution is -2.25. The highest BCUT2D eigenvalue weighted by molar-refractivity contribution is 5.26. The Hall–Kier alpha value is -2.12. The number of anilines is 1. The van der Waals surface area contributed by atoms with E-state index < -0.39 is 17.7 Å². The average molecular weight is 306 g/mol. The molecule has 2 heterocycles. The van der Waals surface area contributed by atoms with Crippen molar-refractivity contribution in [2.24, 2.45) is 0 Å². The molecule has 7 heteroatoms. The minimum absolute atomic E-state index is 0.213. The Morgan fingerprint density at radius 3 is 2.82 bits per heavy atom. The second kappa shape index (κ2) is 5.94. The fraction of sp³-hybridized carbons (Fsp3) is 0.333. The summed E-state index contributed by atoms with van der Waals surface area (Å²) in [6.07, 6.45) is 1.49. The molecule has 1 saturated heterocycles. The zero-order valence-corrected chi connectivity index (χ0v) is 11.8. The van der Waals surface area contributed by atoms with Crippen molar-refractivity contribution < 1.29 is 13.9 Å². The summed E-state index contributed by atoms with van der Waals surface area (Å²) in [6.45, 7) is 0.799. The van der Waals surface area contributed by atoms with Gasteiger partial charge in [-0.1, -0.05) is 6.07 Å². The van der Waals surface area contributed by atoms with Crippen LogP contribution < -0.4 is 5.73 Å². The van der Waals surface area contributed by atoms with Crippen molar-refractivity contribution in [1.29, 1.82) is 0 Å². The second-order valence-electron chi connectivity index (χ2n) is 5.41. The highest BCUT2D eigenvalue weighted by atomic mass is 19.2. The van der Waals surface area contributed by atoms with Crippen LogP contribution in [0.5, 0.6) is 0 Å². The number of nitrogens with zero attached hydrogens (tertiary/aromatic N) is 3. The lowest BCUT2D eigenvalue weighted by Gasteiger charge is -2.23. The molecule has 0 amide bonds. The largest absolute Gasteiger partial charge is 0.392 e. The smallest absolute Gasteiger partial charge is 0.159 e. The summed E-state index contributed by atoms with van der Waals surface area (Å²) in [7, 11) is 0. The van der Waals surface area contributed by atoms with Crippen LogP contribution in [0.3, 0.4) is 0 Å². The molecule has 1 aromatic carbocycles. The molecule has 1 aliphatic heterocycles. The van der Waals surface area contributed by atoms with Gasteiger partial charge in [-0.2, -0.15) is 0 Å². The first-order valence-corrected chi connectivity index (χ1v) is 6.97. The maximum atomic E-state index is 13.4. The summed E-state index contributed by atoms with van der Waals surface area (Å²) >= 11 is 0. The predicted molar refractivity (Wildman–Crippen MR) is 76.6 cm³/mol. The lowest BCUT2D eigenvalue weighted by atomic mass is 10.0. The van der Waals surface area contributed by atoms with Crippen LogP contribution in [0.2, 0.25) is 0 Å². The van der Waals surface area contributed by atoms with Crippen LogP contribution in [0, 0.1) is 11.6 Å². The van der Waals surface area contributed by atoms with Gasteiger partial charge in [-0.3, -0.25) is 4.90 Å². The zero-order valence-electron chi connectivity index (χ0n) is 11.8. The number of rotatable bonds is 3. The van der Waals surface area contributed by atoms with Gasteiger partial charge in [0.05, 0.1) is 12.6 Å². The van der Waals surface area contributed by atoms with Crippen LogP contribution in [0.25, 0.3) is 0 Å². The number of likely N-dealkylation sites (tertiary alicyclic amines) is 1. The number of hydrogen-bond acceptors (Lipinski definition) is 5. The third-order valence-electron chi connectivity index (χ3n) is 3.78. The van der Waals surface area contributed by atoms with E-state index in [9.17, 15) is 13.9 Å². The monoisotopic (exact) mass is 306 g/mol. The fourth-order valence-corrected chi connectivity index (χ4v) is 2.79. The van der Waals surface area contributed by atoms with E-state index in [2.05, 4.69) is 9.97 Å². The van der Waals surface area contributed by atoms with Crippen molar-refractivity contribution in [3.05, 3.63) is 53.5 Å². The molecule has 1 fully saturated rings. The number of β-amino-alcohol motifs (C(OH)–C–C–N with tert-alkyl or cyclic N) is 1. The molecule has 22 heavy (non-hydrogen) atoms. The van der Waals surface area contributed by atoms with Crippen LogP contribution in [-0.2, 0) is 6.54 Å². The molecule has 0 unspecified atom stereocenters. The summed E-state index contributed by atoms with van der Waals surface area (Å²) in [5.74, 6) is -0.872. The minimum Gasteiger partial charge on any atom is -0.392 e. The minimum atomic E-state index is -0.890. The van der Waals surface area contributed by atoms with E-state index in [4.69, 9.17) is 5.73 Å². The quantitative estimate of drug-likeness (QED) is 0.902. The van der Waals surface area contributed by atoms with Crippen molar-refractivity contribution in [1.82, 2.24) is 14.9 Å². The standard InChI is InChI=1S/C15H16F2N4O/c16-11-2-1-9(5-12(11)17)13-6-10(22)7-21(13)8-15-19-4-3-14(18)20-15/h1-5,10,13,22H,6-8H2,(H2,18,19,20)/t10-,13-/m1/s1. The Kier molecular flexibility index (Phi) is 4.00. The van der Waals surface area contributed by atoms with E-state index in [1.165, 1.54) is 12.1 Å². The zero-order chi connectivity index (χ0) is 15.7. The summed E-state index contributed by atoms with van der Waals surface area (Å²) in [5, 5.41) is 9.91. The van der Waals surface area contributed by atoms with Crippen LogP contribution in [0.15, 0.2) is 30.5 Å². The summed E-state index contributed by atoms with van der Waals surface area (Å²) in [6, 6.07) is 5.19. The number of aromatic nitrogens is 2. The van der Waals surface area contributed by atoms with E-state index >= 15 is 0 Å². The van der Waals surface area contributed by atoms with Crippen LogP contribution in [-0.4, -0.2) is 32.6 Å². The van der Waals surface area contributed by atoms with Crippen LogP contribution >= 0.6 is 0 Å². The average Bonchev–Trinajstić information content (AvgIpc) is 2.82. The van der Waals surface area contributed by atoms with Crippen molar-refractivity contribution in [2.75, 3.05) is 12.3 Å². The number of nitrogens with two attached hydrogens (primary N) is 1. The third kappa shape index (κ3) is 3.05. The van der Waals surface area contributed by atoms with Gasteiger partial charge in [0.2, 0.25) is 0 Å². The van der Waals surface area contributed by atoms with E-state index in [0.29, 0.717) is 36.7 Å². The first kappa shape index (κ1) is 14.8. The molecule has 1 aliphatic rings. The highest BCUT2D eigenvalue weighted by Crippen LogP contribution is 2.33. The fourth-order valence-electron chi connectivity index (χ4n) is 2.79. The maximum absolute atomic E-state index is 13.4. The molecule has 2 atom stereocenters. The normalized spacial score (nSPS) is 22.1. The van der Waals surface area contributed by atoms with E-state index in [0.717, 1.165) is 6.07 Å². The van der Waals surface area contributed by atoms with Crippen molar-refractivity contribution in [3.63, 3.8) is 0 Å². The summed E-state index contributed by atoms with van der Waals surface area (Å²) < 4.78 is 26.5. The van der Waals surface area contributed by atoms with E-state index in [1.54, 1.807) is 12.3 Å². The third-order valence-corrected chi connectivity index (χ3v) is 3.78. The number of hydrogen-bond donors (Lipinski definition) is 2. The Balaban J connectivity index is 1.84. The molecule has 1 aromatic heterocycles. The molecule has 2 aromatic rings. The molecule has 0 saturated carbocycles. The van der Waals surface area contributed by atoms with Crippen molar-refractivity contribution in [2.45, 2.75) is 25.1 Å². The number of aliphatic hydroxyl groups is 1. The van der Waals surface area contributed by atoms with Crippen LogP contribution in [0.4, 0.5) is 14.6 Å². The molecule has 116 valence electrons. The number of nitrogen functional groups attached to an aromatic ring is 1. The summed E-state index contributed by atoms with van der Waals surface area (Å²) in [5.41, 5.74) is 6.26. The Morgan fingerprint density at radius 1 is 1.27 bits per heavy atom. The Labute approximate surface area is 126 Å². The lowest BCUT2D eigenvalue weighted by molar-refractivity contribution is 0.171. The van der Waals surface area contributed by atoms with Gasteiger partial charge in [-0.25, -0.2) is 18.7 Å². The Bertz CT molecular complexity index is 682. The second-order valence-corrected chi connectivity index (χ2v) is 5.41. The molecular formula is C15H16F2N4O. The van der Waals surface area contributed by atoms with Gasteiger partial charge >= 0.3 is 0 Å². The van der Waals surface area contributed by atoms with Gasteiger partial charge in [-0.15, -0.1) is 0 Å². The molecule has 0 bridgehead atoms. The summed E-state index contributed by atoms with van der Waals surface area (Å²) in [4.78, 5) is 10.2. The molecule has 5 nitrogen and oxygen atoms in total. The van der Waals surface area contributed by atoms with E-state index in [-0.39, 0.29) is 6.04 Å². The maximum Gasteiger partial charge on any atom is 0.159 e. The van der Waals surface area contributed by atoms with Crippen molar-refractivity contribution in [3.8, 4) is 0 Å². The van der Waals surface area contributed by atoms with Gasteiger partial charge in [0, 0.05) is 18.8 Å². The molecule has 3 N–H and O–H groups in total. The van der Waals surface area contributed by atoms with Gasteiger partial charge < -0.3 is 10.8 Å². The van der Waals surface area contributed by atoms with Crippen LogP contribution in [0.1, 0.15) is 23.9 Å². The SMILES string of the molecule is Nc1ccnc(CN2C[C@H](O)C[C@@H]2c2ccc(F)c(F)c2)n1. The number of aliphatic hydroxyl groups excluding tert-OH is 1. The van der Waals surface area contributed by atoms with Gasteiger partial charge in [0.25, 0.3) is 0 Å². The highest BCUT2D eigenvalue weighted by Gasteiger charge is 2.32. The first-order chi connectivity index (χ1) is 10.5. The topological polar surface area (TPSA) is 75.3 Å². The number of benzene rings is 1. The van der Waals surface area contributed by atoms with E-state index in [1.807, 2.05) is 4.90 Å². The Morgan fingerprint density at radius 2 is 2.09 bits per heavy atom. The number of halogens is 2. The molecule has 0 radical (unpaired) electrons. The van der Waals surface area contributed by atoms with Gasteiger partial charge in [0.15, 0.2) is 11.6 Å². The predicted octanol–water partition coefficient (Wildman–Crippen LogP) is 1.64.